The minimum absolute atomic E-state index is 0.390. The summed E-state index contributed by atoms with van der Waals surface area (Å²) in [5, 5.41) is 5.09. The van der Waals surface area contributed by atoms with Gasteiger partial charge in [0, 0.05) is 5.56 Å². The topological polar surface area (TPSA) is 84.2 Å². The summed E-state index contributed by atoms with van der Waals surface area (Å²) < 4.78 is 14.2. The van der Waals surface area contributed by atoms with Gasteiger partial charge in [0.1, 0.15) is 11.9 Å². The number of primary amides is 1. The first-order valence-corrected chi connectivity index (χ1v) is 7.62. The molecule has 0 aliphatic carbocycles. The fourth-order valence-corrected chi connectivity index (χ4v) is 2.42. The van der Waals surface area contributed by atoms with E-state index in [0.29, 0.717) is 12.0 Å². The van der Waals surface area contributed by atoms with E-state index in [1.165, 1.54) is 13.0 Å². The Labute approximate surface area is 140 Å². The maximum absolute atomic E-state index is 14.2. The van der Waals surface area contributed by atoms with E-state index in [9.17, 15) is 14.0 Å². The first kappa shape index (κ1) is 17.5. The van der Waals surface area contributed by atoms with Gasteiger partial charge >= 0.3 is 6.03 Å². The number of nitrogens with two attached hydrogens (primary N) is 1. The van der Waals surface area contributed by atoms with Gasteiger partial charge in [-0.15, -0.1) is 0 Å². The zero-order valence-electron chi connectivity index (χ0n) is 13.3. The number of urea groups is 1. The number of hydrogen-bond acceptors (Lipinski definition) is 2. The molecule has 0 unspecified atom stereocenters. The van der Waals surface area contributed by atoms with Crippen molar-refractivity contribution in [1.29, 1.82) is 0 Å². The lowest BCUT2D eigenvalue weighted by Crippen LogP contribution is -2.48. The fourth-order valence-electron chi connectivity index (χ4n) is 2.42. The summed E-state index contributed by atoms with van der Waals surface area (Å²) in [5.41, 5.74) is 6.38. The number of rotatable bonds is 6. The number of carbonyl (C=O) groups excluding carboxylic acids is 2. The van der Waals surface area contributed by atoms with Gasteiger partial charge in [-0.2, -0.15) is 0 Å². The Balaban J connectivity index is 2.21. The summed E-state index contributed by atoms with van der Waals surface area (Å²) in [4.78, 5) is 23.1. The van der Waals surface area contributed by atoms with E-state index in [1.54, 1.807) is 18.2 Å². The largest absolute Gasteiger partial charge is 0.352 e. The molecule has 3 amide bonds. The number of halogens is 1. The first-order valence-electron chi connectivity index (χ1n) is 7.62. The van der Waals surface area contributed by atoms with Crippen LogP contribution in [0.15, 0.2) is 54.6 Å². The monoisotopic (exact) mass is 329 g/mol. The lowest BCUT2D eigenvalue weighted by molar-refractivity contribution is -0.123. The molecule has 2 aromatic carbocycles. The SMILES string of the molecule is C[C@H](NC(N)=O)C(=O)N[C@@H](Cc1ccccc1)c1ccccc1F. The minimum Gasteiger partial charge on any atom is -0.352 e. The smallest absolute Gasteiger partial charge is 0.312 e. The average molecular weight is 329 g/mol. The summed E-state index contributed by atoms with van der Waals surface area (Å²) >= 11 is 0. The predicted molar refractivity (Wildman–Crippen MR) is 89.6 cm³/mol. The van der Waals surface area contributed by atoms with Gasteiger partial charge < -0.3 is 16.4 Å². The maximum atomic E-state index is 14.2. The summed E-state index contributed by atoms with van der Waals surface area (Å²) in [6, 6.07) is 13.6. The lowest BCUT2D eigenvalue weighted by Gasteiger charge is -2.22. The molecule has 0 saturated heterocycles. The molecule has 0 aliphatic heterocycles. The summed E-state index contributed by atoms with van der Waals surface area (Å²) in [7, 11) is 0. The lowest BCUT2D eigenvalue weighted by atomic mass is 9.98. The highest BCUT2D eigenvalue weighted by molar-refractivity contribution is 5.86. The van der Waals surface area contributed by atoms with Gasteiger partial charge in [-0.3, -0.25) is 4.79 Å². The van der Waals surface area contributed by atoms with E-state index in [0.717, 1.165) is 5.56 Å². The molecule has 0 bridgehead atoms. The molecule has 0 spiro atoms. The molecule has 6 heteroatoms. The molecule has 2 aromatic rings. The van der Waals surface area contributed by atoms with Crippen molar-refractivity contribution in [2.24, 2.45) is 5.73 Å². The Hall–Kier alpha value is -2.89. The molecule has 24 heavy (non-hydrogen) atoms. The van der Waals surface area contributed by atoms with Crippen molar-refractivity contribution in [3.05, 3.63) is 71.5 Å². The Morgan fingerprint density at radius 2 is 1.67 bits per heavy atom. The average Bonchev–Trinajstić information content (AvgIpc) is 2.55. The van der Waals surface area contributed by atoms with Crippen molar-refractivity contribution in [3.63, 3.8) is 0 Å². The first-order chi connectivity index (χ1) is 11.5. The third-order valence-electron chi connectivity index (χ3n) is 3.63. The van der Waals surface area contributed by atoms with Crippen molar-refractivity contribution >= 4 is 11.9 Å². The predicted octanol–water partition coefficient (Wildman–Crippen LogP) is 2.28. The van der Waals surface area contributed by atoms with Crippen LogP contribution in [0.3, 0.4) is 0 Å². The molecule has 126 valence electrons. The van der Waals surface area contributed by atoms with E-state index in [2.05, 4.69) is 10.6 Å². The van der Waals surface area contributed by atoms with Crippen LogP contribution in [0.25, 0.3) is 0 Å². The van der Waals surface area contributed by atoms with Crippen LogP contribution < -0.4 is 16.4 Å². The van der Waals surface area contributed by atoms with E-state index < -0.39 is 29.8 Å². The molecular weight excluding hydrogens is 309 g/mol. The van der Waals surface area contributed by atoms with Gasteiger partial charge in [0.15, 0.2) is 0 Å². The van der Waals surface area contributed by atoms with Gasteiger partial charge in [0.25, 0.3) is 0 Å². The third kappa shape index (κ3) is 4.81. The standard InChI is InChI=1S/C18H20FN3O2/c1-12(21-18(20)24)17(23)22-16(11-13-7-3-2-4-8-13)14-9-5-6-10-15(14)19/h2-10,12,16H,11H2,1H3,(H,22,23)(H3,20,21,24)/t12-,16-/m0/s1. The van der Waals surface area contributed by atoms with Gasteiger partial charge in [-0.25, -0.2) is 9.18 Å². The van der Waals surface area contributed by atoms with E-state index in [4.69, 9.17) is 5.73 Å². The molecule has 0 saturated carbocycles. The Morgan fingerprint density at radius 1 is 1.04 bits per heavy atom. The minimum atomic E-state index is -0.812. The van der Waals surface area contributed by atoms with Crippen LogP contribution in [0, 0.1) is 5.82 Å². The molecule has 0 heterocycles. The van der Waals surface area contributed by atoms with Crippen molar-refractivity contribution in [1.82, 2.24) is 10.6 Å². The van der Waals surface area contributed by atoms with Crippen molar-refractivity contribution in [2.45, 2.75) is 25.4 Å². The van der Waals surface area contributed by atoms with Crippen LogP contribution in [0.2, 0.25) is 0 Å². The number of nitrogens with one attached hydrogen (secondary N) is 2. The van der Waals surface area contributed by atoms with E-state index in [-0.39, 0.29) is 0 Å². The van der Waals surface area contributed by atoms with Crippen LogP contribution in [0.5, 0.6) is 0 Å². The Morgan fingerprint density at radius 3 is 2.29 bits per heavy atom. The highest BCUT2D eigenvalue weighted by Gasteiger charge is 2.22. The summed E-state index contributed by atoms with van der Waals surface area (Å²) in [6.07, 6.45) is 0.427. The molecule has 0 aliphatic rings. The number of hydrogen-bond donors (Lipinski definition) is 3. The zero-order chi connectivity index (χ0) is 17.5. The number of amides is 3. The summed E-state index contributed by atoms with van der Waals surface area (Å²) in [5.74, 6) is -0.827. The van der Waals surface area contributed by atoms with Crippen LogP contribution >= 0.6 is 0 Å². The highest BCUT2D eigenvalue weighted by Crippen LogP contribution is 2.21. The van der Waals surface area contributed by atoms with Crippen molar-refractivity contribution in [2.75, 3.05) is 0 Å². The second-order valence-electron chi connectivity index (χ2n) is 5.50. The quantitative estimate of drug-likeness (QED) is 0.759. The molecule has 0 radical (unpaired) electrons. The summed E-state index contributed by atoms with van der Waals surface area (Å²) in [6.45, 7) is 1.51. The fraction of sp³-hybridized carbons (Fsp3) is 0.222. The Kier molecular flexibility index (Phi) is 5.89. The molecule has 2 rings (SSSR count). The molecule has 5 nitrogen and oxygen atoms in total. The van der Waals surface area contributed by atoms with Crippen molar-refractivity contribution < 1.29 is 14.0 Å². The van der Waals surface area contributed by atoms with Crippen LogP contribution in [-0.4, -0.2) is 18.0 Å². The van der Waals surface area contributed by atoms with E-state index in [1.807, 2.05) is 30.3 Å². The second kappa shape index (κ2) is 8.10. The third-order valence-corrected chi connectivity index (χ3v) is 3.63. The molecule has 0 fully saturated rings. The van der Waals surface area contributed by atoms with Gasteiger partial charge in [0.05, 0.1) is 6.04 Å². The zero-order valence-corrected chi connectivity index (χ0v) is 13.3. The van der Waals surface area contributed by atoms with Crippen molar-refractivity contribution in [3.8, 4) is 0 Å². The molecule has 2 atom stereocenters. The van der Waals surface area contributed by atoms with Crippen LogP contribution in [-0.2, 0) is 11.2 Å². The molecule has 4 N–H and O–H groups in total. The molecular formula is C18H20FN3O2. The van der Waals surface area contributed by atoms with E-state index >= 15 is 0 Å². The van der Waals surface area contributed by atoms with Gasteiger partial charge in [0.2, 0.25) is 5.91 Å². The maximum Gasteiger partial charge on any atom is 0.312 e. The van der Waals surface area contributed by atoms with Crippen LogP contribution in [0.4, 0.5) is 9.18 Å². The molecule has 0 aromatic heterocycles. The second-order valence-corrected chi connectivity index (χ2v) is 5.50. The highest BCUT2D eigenvalue weighted by atomic mass is 19.1. The number of benzene rings is 2. The Bertz CT molecular complexity index is 706. The van der Waals surface area contributed by atoms with Gasteiger partial charge in [-0.1, -0.05) is 48.5 Å². The van der Waals surface area contributed by atoms with Crippen LogP contribution in [0.1, 0.15) is 24.1 Å². The number of carbonyl (C=O) groups is 2. The normalized spacial score (nSPS) is 12.9. The van der Waals surface area contributed by atoms with Gasteiger partial charge in [-0.05, 0) is 25.0 Å².